The molecule has 0 bridgehead atoms. The number of ether oxygens (including phenoxy) is 1. The molecule has 0 unspecified atom stereocenters. The second-order valence-corrected chi connectivity index (χ2v) is 13.4. The molecule has 1 aromatic rings. The second-order valence-electron chi connectivity index (χ2n) is 8.03. The van der Waals surface area contributed by atoms with E-state index in [1.165, 1.54) is 0 Å². The Labute approximate surface area is 160 Å². The molecule has 1 rings (SSSR count). The van der Waals surface area contributed by atoms with Crippen molar-refractivity contribution < 1.29 is 13.6 Å². The molecule has 1 atom stereocenters. The van der Waals surface area contributed by atoms with Crippen LogP contribution >= 0.6 is 0 Å². The van der Waals surface area contributed by atoms with E-state index >= 15 is 4.39 Å². The van der Waals surface area contributed by atoms with Crippen molar-refractivity contribution in [2.75, 3.05) is 13.7 Å². The zero-order chi connectivity index (χ0) is 20.0. The fourth-order valence-electron chi connectivity index (χ4n) is 4.05. The Balaban J connectivity index is 2.82. The first-order valence-corrected chi connectivity index (χ1v) is 12.0. The molecule has 0 radical (unpaired) electrons. The molecule has 0 heterocycles. The van der Waals surface area contributed by atoms with Crippen molar-refractivity contribution in [3.05, 3.63) is 29.8 Å². The summed E-state index contributed by atoms with van der Waals surface area (Å²) in [7, 11) is -0.626. The molecule has 5 heteroatoms. The summed E-state index contributed by atoms with van der Waals surface area (Å²) in [5.74, 6) is -0.933. The Morgan fingerprint density at radius 1 is 1.00 bits per heavy atom. The van der Waals surface area contributed by atoms with Gasteiger partial charge in [-0.1, -0.05) is 60.6 Å². The predicted molar refractivity (Wildman–Crippen MR) is 111 cm³/mol. The van der Waals surface area contributed by atoms with E-state index in [1.807, 2.05) is 31.2 Å². The Morgan fingerprint density at radius 3 is 1.88 bits per heavy atom. The minimum absolute atomic E-state index is 0.302. The summed E-state index contributed by atoms with van der Waals surface area (Å²) in [5.41, 5.74) is 2.21. The van der Waals surface area contributed by atoms with Crippen molar-refractivity contribution in [2.45, 2.75) is 83.9 Å². The third-order valence-electron chi connectivity index (χ3n) is 5.46. The summed E-state index contributed by atoms with van der Waals surface area (Å²) in [6.45, 7) is 15.5. The highest BCUT2D eigenvalue weighted by Gasteiger charge is 2.50. The Kier molecular flexibility index (Phi) is 8.77. The summed E-state index contributed by atoms with van der Waals surface area (Å²) in [5, 5.41) is 3.06. The molecule has 0 amide bonds. The van der Waals surface area contributed by atoms with Crippen LogP contribution in [0.15, 0.2) is 24.3 Å². The molecule has 1 aromatic carbocycles. The molecule has 0 spiro atoms. The van der Waals surface area contributed by atoms with Crippen molar-refractivity contribution in [2.24, 2.45) is 0 Å². The lowest BCUT2D eigenvalue weighted by molar-refractivity contribution is -0.108. The van der Waals surface area contributed by atoms with Gasteiger partial charge in [0.15, 0.2) is 0 Å². The van der Waals surface area contributed by atoms with Gasteiger partial charge in [-0.05, 0) is 40.7 Å². The lowest BCUT2D eigenvalue weighted by Crippen LogP contribution is -2.58. The smallest absolute Gasteiger partial charge is 0.256 e. The van der Waals surface area contributed by atoms with Crippen LogP contribution in [0, 0.1) is 0 Å². The maximum atomic E-state index is 15.6. The van der Waals surface area contributed by atoms with Crippen molar-refractivity contribution in [3.8, 4) is 5.75 Å². The molecule has 0 saturated heterocycles. The van der Waals surface area contributed by atoms with Crippen LogP contribution in [-0.2, 0) is 10.8 Å². The molecular formula is C21H38FNO2Si. The first kappa shape index (κ1) is 23.1. The van der Waals surface area contributed by atoms with E-state index < -0.39 is 14.3 Å². The molecule has 0 aromatic heterocycles. The van der Waals surface area contributed by atoms with Crippen LogP contribution in [0.4, 0.5) is 4.39 Å². The third kappa shape index (κ3) is 5.54. The van der Waals surface area contributed by atoms with Gasteiger partial charge in [0.1, 0.15) is 5.75 Å². The fraction of sp³-hybridized carbons (Fsp3) is 0.714. The zero-order valence-electron chi connectivity index (χ0n) is 17.9. The van der Waals surface area contributed by atoms with Gasteiger partial charge in [-0.25, -0.2) is 0 Å². The van der Waals surface area contributed by atoms with Crippen LogP contribution in [0.3, 0.4) is 0 Å². The summed E-state index contributed by atoms with van der Waals surface area (Å²) in [6, 6.07) is 7.90. The normalized spacial score (nSPS) is 14.9. The molecule has 3 nitrogen and oxygen atoms in total. The van der Waals surface area contributed by atoms with Crippen molar-refractivity contribution in [1.82, 2.24) is 5.32 Å². The highest BCUT2D eigenvalue weighted by molar-refractivity contribution is 6.77. The molecule has 0 aliphatic rings. The average Bonchev–Trinajstić information content (AvgIpc) is 2.59. The van der Waals surface area contributed by atoms with Crippen LogP contribution in [0.5, 0.6) is 5.75 Å². The topological polar surface area (TPSA) is 30.5 Å². The number of hydrogen-bond acceptors (Lipinski definition) is 3. The van der Waals surface area contributed by atoms with Gasteiger partial charge < -0.3 is 9.16 Å². The molecule has 0 fully saturated rings. The fourth-order valence-corrected chi connectivity index (χ4v) is 9.54. The number of halogens is 1. The third-order valence-corrected chi connectivity index (χ3v) is 11.6. The number of hydrogen-bond donors (Lipinski definition) is 1. The number of methoxy groups -OCH3 is 1. The number of rotatable bonds is 11. The van der Waals surface area contributed by atoms with Crippen LogP contribution in [0.1, 0.15) is 60.5 Å². The quantitative estimate of drug-likeness (QED) is 0.286. The standard InChI is InChI=1S/C21H38FNO2Si/c1-9-21(22,25-26(16(2)3,17(4)5)18(6)7)23-15-14-19-10-12-20(24-8)13-11-19/h10-13,16-18,23H,9,14-15H2,1-8H3/t21-/m0/s1. The summed E-state index contributed by atoms with van der Waals surface area (Å²) in [6.07, 6.45) is 1.05. The summed E-state index contributed by atoms with van der Waals surface area (Å²) >= 11 is 0. The van der Waals surface area contributed by atoms with Gasteiger partial charge in [0.25, 0.3) is 5.98 Å². The van der Waals surface area contributed by atoms with Crippen molar-refractivity contribution >= 4 is 8.32 Å². The first-order valence-electron chi connectivity index (χ1n) is 9.88. The van der Waals surface area contributed by atoms with E-state index in [0.717, 1.165) is 17.7 Å². The van der Waals surface area contributed by atoms with Gasteiger partial charge in [-0.2, -0.15) is 4.39 Å². The molecule has 26 heavy (non-hydrogen) atoms. The van der Waals surface area contributed by atoms with E-state index in [0.29, 0.717) is 29.6 Å². The summed E-state index contributed by atoms with van der Waals surface area (Å²) in [4.78, 5) is 0. The number of alkyl halides is 1. The molecule has 1 N–H and O–H groups in total. The minimum atomic E-state index is -2.28. The van der Waals surface area contributed by atoms with Gasteiger partial charge in [0.2, 0.25) is 8.32 Å². The highest BCUT2D eigenvalue weighted by atomic mass is 28.4. The Hall–Kier alpha value is -0.913. The van der Waals surface area contributed by atoms with Crippen molar-refractivity contribution in [1.29, 1.82) is 0 Å². The van der Waals surface area contributed by atoms with Crippen LogP contribution < -0.4 is 10.1 Å². The van der Waals surface area contributed by atoms with Crippen LogP contribution in [0.25, 0.3) is 0 Å². The summed E-state index contributed by atoms with van der Waals surface area (Å²) < 4.78 is 27.2. The molecule has 150 valence electrons. The number of nitrogens with one attached hydrogen (secondary N) is 1. The average molecular weight is 384 g/mol. The van der Waals surface area contributed by atoms with E-state index in [9.17, 15) is 0 Å². The maximum Gasteiger partial charge on any atom is 0.256 e. The van der Waals surface area contributed by atoms with E-state index in [-0.39, 0.29) is 0 Å². The van der Waals surface area contributed by atoms with Crippen molar-refractivity contribution in [3.63, 3.8) is 0 Å². The monoisotopic (exact) mass is 383 g/mol. The maximum absolute atomic E-state index is 15.6. The SMILES string of the molecule is CC[C@](F)(NCCc1ccc(OC)cc1)O[Si](C(C)C)(C(C)C)C(C)C. The highest BCUT2D eigenvalue weighted by Crippen LogP contribution is 2.45. The van der Waals surface area contributed by atoms with E-state index in [1.54, 1.807) is 7.11 Å². The Morgan fingerprint density at radius 2 is 1.50 bits per heavy atom. The minimum Gasteiger partial charge on any atom is -0.497 e. The van der Waals surface area contributed by atoms with Gasteiger partial charge in [-0.3, -0.25) is 5.32 Å². The van der Waals surface area contributed by atoms with Gasteiger partial charge in [0.05, 0.1) is 7.11 Å². The first-order chi connectivity index (χ1) is 12.1. The van der Waals surface area contributed by atoms with E-state index in [2.05, 4.69) is 46.9 Å². The molecular weight excluding hydrogens is 345 g/mol. The Bertz CT molecular complexity index is 512. The van der Waals surface area contributed by atoms with Crippen LogP contribution in [-0.4, -0.2) is 28.0 Å². The molecule has 0 saturated carbocycles. The second kappa shape index (κ2) is 9.86. The van der Waals surface area contributed by atoms with Gasteiger partial charge in [0, 0.05) is 13.0 Å². The molecule has 0 aliphatic carbocycles. The zero-order valence-corrected chi connectivity index (χ0v) is 18.9. The number of benzene rings is 1. The van der Waals surface area contributed by atoms with Crippen LogP contribution in [0.2, 0.25) is 16.6 Å². The largest absolute Gasteiger partial charge is 0.497 e. The van der Waals surface area contributed by atoms with Gasteiger partial charge in [-0.15, -0.1) is 0 Å². The lowest BCUT2D eigenvalue weighted by atomic mass is 10.1. The van der Waals surface area contributed by atoms with Gasteiger partial charge >= 0.3 is 0 Å². The van der Waals surface area contributed by atoms with E-state index in [4.69, 9.17) is 9.16 Å². The predicted octanol–water partition coefficient (Wildman–Crippen LogP) is 6.05. The lowest BCUT2D eigenvalue weighted by Gasteiger charge is -2.46. The molecule has 0 aliphatic heterocycles.